The van der Waals surface area contributed by atoms with Crippen molar-refractivity contribution >= 4 is 0 Å². The van der Waals surface area contributed by atoms with Crippen molar-refractivity contribution in [3.05, 3.63) is 12.3 Å². The van der Waals surface area contributed by atoms with Gasteiger partial charge in [-0.25, -0.2) is 5.01 Å². The molecule has 0 fully saturated rings. The number of hydrogen-bond acceptors (Lipinski definition) is 2. The summed E-state index contributed by atoms with van der Waals surface area (Å²) in [5, 5.41) is 4.74. The molecule has 0 aromatic carbocycles. The normalized spacial score (nSPS) is 18.2. The predicted octanol–water partition coefficient (Wildman–Crippen LogP) is 2.10. The highest BCUT2D eigenvalue weighted by Crippen LogP contribution is 2.10. The monoisotopic (exact) mass is 168 g/mol. The summed E-state index contributed by atoms with van der Waals surface area (Å²) in [6, 6.07) is 0. The predicted molar refractivity (Wildman–Crippen MR) is 52.5 cm³/mol. The fourth-order valence-electron chi connectivity index (χ4n) is 1.54. The Kier molecular flexibility index (Phi) is 3.60. The molecule has 1 rings (SSSR count). The van der Waals surface area contributed by atoms with Gasteiger partial charge in [0.2, 0.25) is 0 Å². The van der Waals surface area contributed by atoms with Gasteiger partial charge in [-0.2, -0.15) is 0 Å². The molecule has 70 valence electrons. The molecule has 1 aliphatic heterocycles. The Hall–Kier alpha value is -0.500. The van der Waals surface area contributed by atoms with Crippen LogP contribution in [0.15, 0.2) is 12.3 Å². The van der Waals surface area contributed by atoms with Crippen molar-refractivity contribution in [3.63, 3.8) is 0 Å². The summed E-state index contributed by atoms with van der Waals surface area (Å²) in [6.07, 6.45) is 5.66. The summed E-state index contributed by atoms with van der Waals surface area (Å²) in [5.41, 5.74) is 0. The Morgan fingerprint density at radius 3 is 2.75 bits per heavy atom. The van der Waals surface area contributed by atoms with E-state index in [1.807, 2.05) is 0 Å². The van der Waals surface area contributed by atoms with Gasteiger partial charge in [-0.15, -0.1) is 0 Å². The van der Waals surface area contributed by atoms with Crippen LogP contribution in [0.2, 0.25) is 0 Å². The summed E-state index contributed by atoms with van der Waals surface area (Å²) >= 11 is 0. The van der Waals surface area contributed by atoms with E-state index in [1.54, 1.807) is 0 Å². The van der Waals surface area contributed by atoms with Crippen molar-refractivity contribution in [1.29, 1.82) is 0 Å². The molecular formula is C10H20N2. The second-order valence-corrected chi connectivity index (χ2v) is 3.81. The van der Waals surface area contributed by atoms with Gasteiger partial charge in [0.25, 0.3) is 0 Å². The summed E-state index contributed by atoms with van der Waals surface area (Å²) in [6.45, 7) is 10.2. The van der Waals surface area contributed by atoms with Crippen molar-refractivity contribution in [3.8, 4) is 0 Å². The van der Waals surface area contributed by atoms with Crippen LogP contribution in [0.3, 0.4) is 0 Å². The van der Waals surface area contributed by atoms with E-state index in [1.165, 1.54) is 13.0 Å². The number of nitrogens with zero attached hydrogens (tertiary/aromatic N) is 2. The summed E-state index contributed by atoms with van der Waals surface area (Å²) < 4.78 is 0. The highest BCUT2D eigenvalue weighted by Gasteiger charge is 2.15. The molecule has 0 bridgehead atoms. The number of hydrazine groups is 1. The third-order valence-electron chi connectivity index (χ3n) is 1.99. The van der Waals surface area contributed by atoms with Gasteiger partial charge in [0, 0.05) is 25.8 Å². The lowest BCUT2D eigenvalue weighted by Gasteiger charge is -2.30. The minimum atomic E-state index is 0.754. The second-order valence-electron chi connectivity index (χ2n) is 3.81. The van der Waals surface area contributed by atoms with E-state index >= 15 is 0 Å². The van der Waals surface area contributed by atoms with Crippen LogP contribution in [0.4, 0.5) is 0 Å². The van der Waals surface area contributed by atoms with Crippen molar-refractivity contribution in [2.24, 2.45) is 5.92 Å². The fraction of sp³-hybridized carbons (Fsp3) is 0.800. The van der Waals surface area contributed by atoms with Crippen LogP contribution < -0.4 is 0 Å². The molecule has 1 aliphatic rings. The minimum Gasteiger partial charge on any atom is -0.313 e. The van der Waals surface area contributed by atoms with Crippen molar-refractivity contribution < 1.29 is 0 Å². The molecule has 12 heavy (non-hydrogen) atoms. The lowest BCUT2D eigenvalue weighted by atomic mass is 10.2. The Bertz CT molecular complexity index is 152. The zero-order valence-corrected chi connectivity index (χ0v) is 8.45. The zero-order chi connectivity index (χ0) is 8.97. The fourth-order valence-corrected chi connectivity index (χ4v) is 1.54. The molecular weight excluding hydrogens is 148 g/mol. The molecule has 0 amide bonds. The zero-order valence-electron chi connectivity index (χ0n) is 8.45. The maximum atomic E-state index is 2.41. The first-order valence-corrected chi connectivity index (χ1v) is 4.92. The van der Waals surface area contributed by atoms with Gasteiger partial charge < -0.3 is 5.01 Å². The highest BCUT2D eigenvalue weighted by atomic mass is 15.6. The van der Waals surface area contributed by atoms with Crippen LogP contribution in [0.5, 0.6) is 0 Å². The molecule has 2 heteroatoms. The first-order chi connectivity index (χ1) is 5.74. The molecule has 1 heterocycles. The van der Waals surface area contributed by atoms with Gasteiger partial charge in [-0.1, -0.05) is 26.8 Å². The van der Waals surface area contributed by atoms with Gasteiger partial charge in [0.05, 0.1) is 0 Å². The maximum Gasteiger partial charge on any atom is 0.0379 e. The van der Waals surface area contributed by atoms with Gasteiger partial charge in [0.1, 0.15) is 0 Å². The largest absolute Gasteiger partial charge is 0.313 e. The molecule has 0 radical (unpaired) electrons. The van der Waals surface area contributed by atoms with E-state index in [2.05, 4.69) is 43.1 Å². The number of hydrogen-bond donors (Lipinski definition) is 0. The third kappa shape index (κ3) is 2.52. The number of rotatable bonds is 4. The highest BCUT2D eigenvalue weighted by molar-refractivity contribution is 4.91. The first kappa shape index (κ1) is 9.59. The van der Waals surface area contributed by atoms with Crippen molar-refractivity contribution in [2.45, 2.75) is 27.2 Å². The standard InChI is InChI=1S/C10H20N2/c1-4-6-11-7-5-8-12(11)9-10(2)3/h5,7,10H,4,6,8-9H2,1-3H3. The maximum absolute atomic E-state index is 2.41. The SMILES string of the molecule is CCCN1C=CCN1CC(C)C. The molecule has 0 unspecified atom stereocenters. The first-order valence-electron chi connectivity index (χ1n) is 4.92. The molecule has 0 atom stereocenters. The molecule has 0 aliphatic carbocycles. The Morgan fingerprint density at radius 2 is 2.17 bits per heavy atom. The molecule has 0 N–H and O–H groups in total. The van der Waals surface area contributed by atoms with E-state index in [-0.39, 0.29) is 0 Å². The van der Waals surface area contributed by atoms with Gasteiger partial charge >= 0.3 is 0 Å². The van der Waals surface area contributed by atoms with Crippen LogP contribution >= 0.6 is 0 Å². The summed E-state index contributed by atoms with van der Waals surface area (Å²) in [7, 11) is 0. The van der Waals surface area contributed by atoms with Crippen molar-refractivity contribution in [2.75, 3.05) is 19.6 Å². The third-order valence-corrected chi connectivity index (χ3v) is 1.99. The Morgan fingerprint density at radius 1 is 1.42 bits per heavy atom. The smallest absolute Gasteiger partial charge is 0.0379 e. The second kappa shape index (κ2) is 4.51. The molecule has 2 nitrogen and oxygen atoms in total. The quantitative estimate of drug-likeness (QED) is 0.634. The Balaban J connectivity index is 2.34. The average molecular weight is 168 g/mol. The van der Waals surface area contributed by atoms with E-state index < -0.39 is 0 Å². The molecule has 0 aromatic rings. The van der Waals surface area contributed by atoms with Crippen LogP contribution in [-0.2, 0) is 0 Å². The minimum absolute atomic E-state index is 0.754. The van der Waals surface area contributed by atoms with Crippen LogP contribution in [0.1, 0.15) is 27.2 Å². The van der Waals surface area contributed by atoms with E-state index in [0.717, 1.165) is 19.0 Å². The van der Waals surface area contributed by atoms with Crippen molar-refractivity contribution in [1.82, 2.24) is 10.0 Å². The average Bonchev–Trinajstić information content (AvgIpc) is 2.37. The van der Waals surface area contributed by atoms with Gasteiger partial charge in [-0.3, -0.25) is 0 Å². The lowest BCUT2D eigenvalue weighted by molar-refractivity contribution is 0.0401. The lowest BCUT2D eigenvalue weighted by Crippen LogP contribution is -2.38. The summed E-state index contributed by atoms with van der Waals surface area (Å²) in [4.78, 5) is 0. The Labute approximate surface area is 75.8 Å². The molecule has 0 aromatic heterocycles. The molecule has 0 spiro atoms. The van der Waals surface area contributed by atoms with Crippen LogP contribution in [-0.4, -0.2) is 29.7 Å². The topological polar surface area (TPSA) is 6.48 Å². The molecule has 0 saturated heterocycles. The van der Waals surface area contributed by atoms with E-state index in [0.29, 0.717) is 0 Å². The van der Waals surface area contributed by atoms with Crippen LogP contribution in [0.25, 0.3) is 0 Å². The van der Waals surface area contributed by atoms with E-state index in [9.17, 15) is 0 Å². The molecule has 0 saturated carbocycles. The van der Waals surface area contributed by atoms with Gasteiger partial charge in [0.15, 0.2) is 0 Å². The van der Waals surface area contributed by atoms with Gasteiger partial charge in [-0.05, 0) is 12.3 Å². The van der Waals surface area contributed by atoms with Crippen LogP contribution in [0, 0.1) is 5.92 Å². The van der Waals surface area contributed by atoms with E-state index in [4.69, 9.17) is 0 Å². The summed E-state index contributed by atoms with van der Waals surface area (Å²) in [5.74, 6) is 0.754.